The van der Waals surface area contributed by atoms with Gasteiger partial charge in [0.05, 0.1) is 11.0 Å². The van der Waals surface area contributed by atoms with E-state index in [4.69, 9.17) is 0 Å². The van der Waals surface area contributed by atoms with E-state index in [2.05, 4.69) is 51.1 Å². The Balaban J connectivity index is 1.99. The highest BCUT2D eigenvalue weighted by Crippen LogP contribution is 2.21. The molecule has 0 aliphatic rings. The highest BCUT2D eigenvalue weighted by Gasteiger charge is 2.02. The van der Waals surface area contributed by atoms with Crippen molar-refractivity contribution in [1.29, 1.82) is 0 Å². The molecule has 0 aromatic carbocycles. The molecular weight excluding hydrogens is 286 g/mol. The second-order valence-electron chi connectivity index (χ2n) is 3.53. The van der Waals surface area contributed by atoms with Gasteiger partial charge in [-0.05, 0) is 41.4 Å². The van der Waals surface area contributed by atoms with Crippen molar-refractivity contribution in [3.63, 3.8) is 0 Å². The summed E-state index contributed by atoms with van der Waals surface area (Å²) in [6.45, 7) is 5.05. The zero-order valence-corrected chi connectivity index (χ0v) is 11.5. The predicted octanol–water partition coefficient (Wildman–Crippen LogP) is 3.53. The van der Waals surface area contributed by atoms with E-state index < -0.39 is 0 Å². The van der Waals surface area contributed by atoms with Crippen LogP contribution in [0.1, 0.15) is 15.3 Å². The predicted molar refractivity (Wildman–Crippen MR) is 70.9 cm³/mol. The lowest BCUT2D eigenvalue weighted by Gasteiger charge is -2.01. The molecule has 0 fully saturated rings. The molecule has 0 spiro atoms. The summed E-state index contributed by atoms with van der Waals surface area (Å²) in [6.07, 6.45) is 3.47. The van der Waals surface area contributed by atoms with Crippen molar-refractivity contribution in [3.05, 3.63) is 38.3 Å². The number of anilines is 1. The van der Waals surface area contributed by atoms with Gasteiger partial charge in [-0.3, -0.25) is 0 Å². The van der Waals surface area contributed by atoms with E-state index in [1.807, 2.05) is 11.3 Å². The molecule has 3 nitrogen and oxygen atoms in total. The lowest BCUT2D eigenvalue weighted by atomic mass is 10.3. The molecule has 16 heavy (non-hydrogen) atoms. The Hall–Kier alpha value is -0.940. The number of halogens is 1. The minimum absolute atomic E-state index is 0.659. The maximum atomic E-state index is 4.16. The first-order chi connectivity index (χ1) is 7.65. The lowest BCUT2D eigenvalue weighted by Crippen LogP contribution is -2.01. The molecule has 0 aliphatic carbocycles. The first-order valence-corrected chi connectivity index (χ1v) is 6.53. The number of hydrogen-bond acceptors (Lipinski definition) is 4. The summed E-state index contributed by atoms with van der Waals surface area (Å²) in [5.74, 6) is 0.659. The van der Waals surface area contributed by atoms with Crippen LogP contribution in [0.2, 0.25) is 0 Å². The molecule has 2 rings (SSSR count). The zero-order valence-electron chi connectivity index (χ0n) is 9.12. The molecule has 0 unspecified atom stereocenters. The van der Waals surface area contributed by atoms with E-state index in [0.29, 0.717) is 5.95 Å². The van der Waals surface area contributed by atoms with Gasteiger partial charge in [-0.25, -0.2) is 9.97 Å². The Morgan fingerprint density at radius 1 is 1.31 bits per heavy atom. The van der Waals surface area contributed by atoms with Crippen molar-refractivity contribution in [3.8, 4) is 0 Å². The topological polar surface area (TPSA) is 37.8 Å². The van der Waals surface area contributed by atoms with Crippen LogP contribution in [0.4, 0.5) is 5.95 Å². The summed E-state index contributed by atoms with van der Waals surface area (Å²) in [6, 6.07) is 2.20. The van der Waals surface area contributed by atoms with E-state index in [0.717, 1.165) is 11.0 Å². The molecule has 1 N–H and O–H groups in total. The maximum absolute atomic E-state index is 4.16. The van der Waals surface area contributed by atoms with Crippen LogP contribution in [0.5, 0.6) is 0 Å². The van der Waals surface area contributed by atoms with Gasteiger partial charge < -0.3 is 5.32 Å². The molecule has 0 aliphatic heterocycles. The van der Waals surface area contributed by atoms with Crippen molar-refractivity contribution in [2.24, 2.45) is 0 Å². The third-order valence-corrected chi connectivity index (χ3v) is 3.82. The summed E-state index contributed by atoms with van der Waals surface area (Å²) >= 11 is 5.11. The van der Waals surface area contributed by atoms with Gasteiger partial charge in [-0.15, -0.1) is 11.3 Å². The third kappa shape index (κ3) is 2.80. The second-order valence-corrected chi connectivity index (χ2v) is 5.79. The average molecular weight is 298 g/mol. The van der Waals surface area contributed by atoms with Gasteiger partial charge in [-0.2, -0.15) is 0 Å². The standard InChI is InChI=1S/C11H12BrN3S/c1-7-3-10(16-8(7)2)6-15-11-13-4-9(12)5-14-11/h3-5H,6H2,1-2H3,(H,13,14,15). The van der Waals surface area contributed by atoms with Crippen LogP contribution in [0, 0.1) is 13.8 Å². The Labute approximate surface area is 107 Å². The fourth-order valence-corrected chi connectivity index (χ4v) is 2.50. The van der Waals surface area contributed by atoms with Crippen molar-refractivity contribution < 1.29 is 0 Å². The van der Waals surface area contributed by atoms with E-state index >= 15 is 0 Å². The molecule has 0 atom stereocenters. The quantitative estimate of drug-likeness (QED) is 0.942. The van der Waals surface area contributed by atoms with Crippen molar-refractivity contribution >= 4 is 33.2 Å². The summed E-state index contributed by atoms with van der Waals surface area (Å²) in [4.78, 5) is 11.0. The molecule has 84 valence electrons. The van der Waals surface area contributed by atoms with E-state index in [-0.39, 0.29) is 0 Å². The Morgan fingerprint density at radius 2 is 2.00 bits per heavy atom. The Kier molecular flexibility index (Phi) is 3.56. The van der Waals surface area contributed by atoms with Crippen molar-refractivity contribution in [2.75, 3.05) is 5.32 Å². The van der Waals surface area contributed by atoms with Gasteiger partial charge in [0.15, 0.2) is 0 Å². The van der Waals surface area contributed by atoms with Gasteiger partial charge in [0.25, 0.3) is 0 Å². The molecule has 0 bridgehead atoms. The van der Waals surface area contributed by atoms with Crippen LogP contribution >= 0.6 is 27.3 Å². The van der Waals surface area contributed by atoms with Crippen LogP contribution < -0.4 is 5.32 Å². The van der Waals surface area contributed by atoms with Gasteiger partial charge in [0.1, 0.15) is 0 Å². The van der Waals surface area contributed by atoms with Gasteiger partial charge in [-0.1, -0.05) is 0 Å². The molecule has 0 radical (unpaired) electrons. The van der Waals surface area contributed by atoms with E-state index in [1.165, 1.54) is 15.3 Å². The number of aryl methyl sites for hydroxylation is 2. The number of rotatable bonds is 3. The zero-order chi connectivity index (χ0) is 11.5. The molecule has 2 aromatic heterocycles. The number of hydrogen-bond donors (Lipinski definition) is 1. The average Bonchev–Trinajstić information content (AvgIpc) is 2.58. The number of aromatic nitrogens is 2. The van der Waals surface area contributed by atoms with Gasteiger partial charge >= 0.3 is 0 Å². The lowest BCUT2D eigenvalue weighted by molar-refractivity contribution is 1.06. The summed E-state index contributed by atoms with van der Waals surface area (Å²) in [7, 11) is 0. The highest BCUT2D eigenvalue weighted by molar-refractivity contribution is 9.10. The number of nitrogens with one attached hydrogen (secondary N) is 1. The summed E-state index contributed by atoms with van der Waals surface area (Å²) in [5, 5.41) is 3.20. The Bertz CT molecular complexity index is 459. The first-order valence-electron chi connectivity index (χ1n) is 4.92. The molecule has 2 heterocycles. The van der Waals surface area contributed by atoms with Crippen LogP contribution in [0.25, 0.3) is 0 Å². The smallest absolute Gasteiger partial charge is 0.222 e. The third-order valence-electron chi connectivity index (χ3n) is 2.26. The monoisotopic (exact) mass is 297 g/mol. The van der Waals surface area contributed by atoms with Crippen LogP contribution in [0.3, 0.4) is 0 Å². The SMILES string of the molecule is Cc1cc(CNc2ncc(Br)cn2)sc1C. The van der Waals surface area contributed by atoms with Crippen LogP contribution in [-0.4, -0.2) is 9.97 Å². The molecule has 2 aromatic rings. The first kappa shape index (κ1) is 11.5. The summed E-state index contributed by atoms with van der Waals surface area (Å²) in [5.41, 5.74) is 1.35. The van der Waals surface area contributed by atoms with Crippen LogP contribution in [-0.2, 0) is 6.54 Å². The molecule has 0 saturated carbocycles. The van der Waals surface area contributed by atoms with E-state index in [9.17, 15) is 0 Å². The minimum Gasteiger partial charge on any atom is -0.349 e. The van der Waals surface area contributed by atoms with E-state index in [1.54, 1.807) is 12.4 Å². The van der Waals surface area contributed by atoms with Gasteiger partial charge in [0.2, 0.25) is 5.95 Å². The molecule has 0 saturated heterocycles. The fourth-order valence-electron chi connectivity index (χ4n) is 1.31. The summed E-state index contributed by atoms with van der Waals surface area (Å²) < 4.78 is 0.890. The van der Waals surface area contributed by atoms with Crippen LogP contribution in [0.15, 0.2) is 22.9 Å². The number of thiophene rings is 1. The number of nitrogens with zero attached hydrogens (tertiary/aromatic N) is 2. The van der Waals surface area contributed by atoms with Gasteiger partial charge in [0, 0.05) is 22.1 Å². The Morgan fingerprint density at radius 3 is 2.56 bits per heavy atom. The molecular formula is C11H12BrN3S. The van der Waals surface area contributed by atoms with Crippen molar-refractivity contribution in [2.45, 2.75) is 20.4 Å². The molecule has 5 heteroatoms. The highest BCUT2D eigenvalue weighted by atomic mass is 79.9. The minimum atomic E-state index is 0.659. The molecule has 0 amide bonds. The normalized spacial score (nSPS) is 10.4. The second kappa shape index (κ2) is 4.93. The fraction of sp³-hybridized carbons (Fsp3) is 0.273. The van der Waals surface area contributed by atoms with Crippen molar-refractivity contribution in [1.82, 2.24) is 9.97 Å². The maximum Gasteiger partial charge on any atom is 0.222 e. The largest absolute Gasteiger partial charge is 0.349 e.